The van der Waals surface area contributed by atoms with Crippen LogP contribution in [-0.4, -0.2) is 27.5 Å². The number of alkyl halides is 1. The van der Waals surface area contributed by atoms with E-state index in [1.165, 1.54) is 38.6 Å². The van der Waals surface area contributed by atoms with Crippen molar-refractivity contribution in [3.63, 3.8) is 0 Å². The number of hydrogen-bond donors (Lipinski definition) is 0. The van der Waals surface area contributed by atoms with E-state index in [0.717, 1.165) is 16.0 Å². The number of piperidine rings is 1. The molecule has 0 aromatic rings. The van der Waals surface area contributed by atoms with Gasteiger partial charge in [0.25, 0.3) is 0 Å². The van der Waals surface area contributed by atoms with Crippen LogP contribution in [0.15, 0.2) is 0 Å². The summed E-state index contributed by atoms with van der Waals surface area (Å²) in [6.45, 7) is 3.65. The number of rotatable bonds is 2. The van der Waals surface area contributed by atoms with Gasteiger partial charge in [0.05, 0.1) is 0 Å². The molecule has 70 valence electrons. The zero-order valence-electron chi connectivity index (χ0n) is 7.80. The maximum atomic E-state index is 2.77. The SMILES string of the molecule is CCCN1[C@@H]2CC[C@H]1CC(I)C2. The van der Waals surface area contributed by atoms with E-state index < -0.39 is 0 Å². The van der Waals surface area contributed by atoms with Crippen molar-refractivity contribution in [2.24, 2.45) is 0 Å². The molecule has 2 aliphatic rings. The second-order valence-corrected chi connectivity index (χ2v) is 5.95. The van der Waals surface area contributed by atoms with Crippen LogP contribution in [0.2, 0.25) is 0 Å². The van der Waals surface area contributed by atoms with Gasteiger partial charge < -0.3 is 0 Å². The van der Waals surface area contributed by atoms with Crippen molar-refractivity contribution in [2.75, 3.05) is 6.54 Å². The maximum absolute atomic E-state index is 2.77. The third kappa shape index (κ3) is 1.65. The first kappa shape index (κ1) is 9.25. The van der Waals surface area contributed by atoms with Crippen molar-refractivity contribution in [2.45, 2.75) is 55.0 Å². The third-order valence-electron chi connectivity index (χ3n) is 3.31. The maximum Gasteiger partial charge on any atom is 0.0139 e. The lowest BCUT2D eigenvalue weighted by Gasteiger charge is -2.36. The molecule has 0 radical (unpaired) electrons. The zero-order valence-corrected chi connectivity index (χ0v) is 9.96. The highest BCUT2D eigenvalue weighted by atomic mass is 127. The minimum absolute atomic E-state index is 0.950. The van der Waals surface area contributed by atoms with Crippen LogP contribution in [0, 0.1) is 0 Å². The minimum atomic E-state index is 0.950. The smallest absolute Gasteiger partial charge is 0.0139 e. The second-order valence-electron chi connectivity index (χ2n) is 4.19. The van der Waals surface area contributed by atoms with Crippen molar-refractivity contribution in [3.05, 3.63) is 0 Å². The Bertz CT molecular complexity index is 146. The number of nitrogens with zero attached hydrogens (tertiary/aromatic N) is 1. The highest BCUT2D eigenvalue weighted by molar-refractivity contribution is 14.1. The molecule has 0 aliphatic carbocycles. The van der Waals surface area contributed by atoms with E-state index in [2.05, 4.69) is 34.4 Å². The highest BCUT2D eigenvalue weighted by Gasteiger charge is 2.38. The largest absolute Gasteiger partial charge is 0.297 e. The van der Waals surface area contributed by atoms with Crippen molar-refractivity contribution in [1.82, 2.24) is 4.90 Å². The summed E-state index contributed by atoms with van der Waals surface area (Å²) in [7, 11) is 0. The first-order chi connectivity index (χ1) is 5.81. The fraction of sp³-hybridized carbons (Fsp3) is 1.00. The van der Waals surface area contributed by atoms with Crippen LogP contribution in [0.25, 0.3) is 0 Å². The first-order valence-corrected chi connectivity index (χ1v) is 6.45. The Kier molecular flexibility index (Phi) is 2.95. The molecule has 1 nitrogen and oxygen atoms in total. The summed E-state index contributed by atoms with van der Waals surface area (Å²) in [5.74, 6) is 0. The molecule has 0 saturated carbocycles. The molecule has 3 atom stereocenters. The molecule has 0 aromatic heterocycles. The summed E-state index contributed by atoms with van der Waals surface area (Å²) < 4.78 is 0.966. The number of halogens is 1. The van der Waals surface area contributed by atoms with Gasteiger partial charge in [-0.2, -0.15) is 0 Å². The Hall–Kier alpha value is 0.690. The molecule has 2 bridgehead atoms. The van der Waals surface area contributed by atoms with E-state index in [9.17, 15) is 0 Å². The van der Waals surface area contributed by atoms with Gasteiger partial charge in [-0.25, -0.2) is 0 Å². The molecule has 2 heterocycles. The number of fused-ring (bicyclic) bond motifs is 2. The average molecular weight is 279 g/mol. The fourth-order valence-corrected chi connectivity index (χ4v) is 4.01. The molecule has 1 unspecified atom stereocenters. The first-order valence-electron chi connectivity index (χ1n) is 5.21. The Labute approximate surface area is 89.0 Å². The van der Waals surface area contributed by atoms with Crippen LogP contribution < -0.4 is 0 Å². The van der Waals surface area contributed by atoms with E-state index in [0.29, 0.717) is 0 Å². The van der Waals surface area contributed by atoms with Gasteiger partial charge in [-0.1, -0.05) is 29.5 Å². The van der Waals surface area contributed by atoms with Gasteiger partial charge in [0, 0.05) is 16.0 Å². The molecule has 2 rings (SSSR count). The van der Waals surface area contributed by atoms with Gasteiger partial charge in [-0.05, 0) is 38.6 Å². The van der Waals surface area contributed by atoms with Crippen LogP contribution in [0.1, 0.15) is 39.0 Å². The van der Waals surface area contributed by atoms with Crippen LogP contribution in [-0.2, 0) is 0 Å². The lowest BCUT2D eigenvalue weighted by Crippen LogP contribution is -2.43. The average Bonchev–Trinajstić information content (AvgIpc) is 2.32. The lowest BCUT2D eigenvalue weighted by atomic mass is 10.0. The quantitative estimate of drug-likeness (QED) is 0.555. The van der Waals surface area contributed by atoms with Crippen molar-refractivity contribution < 1.29 is 0 Å². The Morgan fingerprint density at radius 1 is 1.25 bits per heavy atom. The van der Waals surface area contributed by atoms with E-state index in [4.69, 9.17) is 0 Å². The molecule has 0 aromatic carbocycles. The minimum Gasteiger partial charge on any atom is -0.297 e. The summed E-state index contributed by atoms with van der Waals surface area (Å²) >= 11 is 2.64. The summed E-state index contributed by atoms with van der Waals surface area (Å²) in [6, 6.07) is 1.90. The fourth-order valence-electron chi connectivity index (χ4n) is 2.83. The summed E-state index contributed by atoms with van der Waals surface area (Å²) in [6.07, 6.45) is 7.20. The van der Waals surface area contributed by atoms with E-state index >= 15 is 0 Å². The molecule has 2 aliphatic heterocycles. The van der Waals surface area contributed by atoms with Crippen molar-refractivity contribution in [1.29, 1.82) is 0 Å². The monoisotopic (exact) mass is 279 g/mol. The predicted octanol–water partition coefficient (Wildman–Crippen LogP) is 2.83. The van der Waals surface area contributed by atoms with Gasteiger partial charge in [0.1, 0.15) is 0 Å². The van der Waals surface area contributed by atoms with Crippen LogP contribution in [0.4, 0.5) is 0 Å². The Morgan fingerprint density at radius 2 is 1.83 bits per heavy atom. The molecule has 0 spiro atoms. The van der Waals surface area contributed by atoms with Gasteiger partial charge in [-0.3, -0.25) is 4.90 Å². The van der Waals surface area contributed by atoms with Gasteiger partial charge in [0.15, 0.2) is 0 Å². The zero-order chi connectivity index (χ0) is 8.55. The van der Waals surface area contributed by atoms with Gasteiger partial charge >= 0.3 is 0 Å². The van der Waals surface area contributed by atoms with E-state index in [1.54, 1.807) is 0 Å². The summed E-state index contributed by atoms with van der Waals surface area (Å²) in [5, 5.41) is 0. The summed E-state index contributed by atoms with van der Waals surface area (Å²) in [4.78, 5) is 2.77. The van der Waals surface area contributed by atoms with Gasteiger partial charge in [0.2, 0.25) is 0 Å². The van der Waals surface area contributed by atoms with Crippen LogP contribution in [0.3, 0.4) is 0 Å². The molecule has 0 amide bonds. The Morgan fingerprint density at radius 3 is 2.33 bits per heavy atom. The third-order valence-corrected chi connectivity index (χ3v) is 4.33. The van der Waals surface area contributed by atoms with Crippen LogP contribution in [0.5, 0.6) is 0 Å². The molecule has 12 heavy (non-hydrogen) atoms. The standard InChI is InChI=1S/C10H18IN/c1-2-5-12-9-3-4-10(12)7-8(11)6-9/h8-10H,2-7H2,1H3/t8?,9-,10+. The molecule has 2 saturated heterocycles. The summed E-state index contributed by atoms with van der Waals surface area (Å²) in [5.41, 5.74) is 0. The van der Waals surface area contributed by atoms with E-state index in [-0.39, 0.29) is 0 Å². The molecular weight excluding hydrogens is 261 g/mol. The van der Waals surface area contributed by atoms with Crippen LogP contribution >= 0.6 is 22.6 Å². The molecular formula is C10H18IN. The highest BCUT2D eigenvalue weighted by Crippen LogP contribution is 2.38. The lowest BCUT2D eigenvalue weighted by molar-refractivity contribution is 0.147. The number of hydrogen-bond acceptors (Lipinski definition) is 1. The Balaban J connectivity index is 1.99. The van der Waals surface area contributed by atoms with Crippen molar-refractivity contribution >= 4 is 22.6 Å². The second kappa shape index (κ2) is 3.82. The van der Waals surface area contributed by atoms with E-state index in [1.807, 2.05) is 0 Å². The van der Waals surface area contributed by atoms with Crippen molar-refractivity contribution in [3.8, 4) is 0 Å². The molecule has 0 N–H and O–H groups in total. The normalized spacial score (nSPS) is 42.0. The topological polar surface area (TPSA) is 3.24 Å². The molecule has 2 fully saturated rings. The van der Waals surface area contributed by atoms with Gasteiger partial charge in [-0.15, -0.1) is 0 Å². The predicted molar refractivity (Wildman–Crippen MR) is 60.8 cm³/mol. The molecule has 2 heteroatoms.